The fraction of sp³-hybridized carbons (Fsp3) is 0.520. The van der Waals surface area contributed by atoms with E-state index in [0.717, 1.165) is 12.0 Å². The standard InChI is InChI=1S/C25H34N4O7S/c1-4-16-6-8-17(9-7-16)23(33)28-24(34)18(27-20(30)5-2)14-21(31)26-10-12-36-13-11-29-22(32)15-19(37-3)25(29)35/h6-9,18-19H,4-5,10-15H2,1-3H3,(H,26,31)(H,27,30)(H,28,33,34). The highest BCUT2D eigenvalue weighted by Gasteiger charge is 2.37. The van der Waals surface area contributed by atoms with E-state index in [0.29, 0.717) is 0 Å². The Bertz CT molecular complexity index is 999. The van der Waals surface area contributed by atoms with Crippen LogP contribution in [0.3, 0.4) is 0 Å². The summed E-state index contributed by atoms with van der Waals surface area (Å²) in [5, 5.41) is 6.94. The number of likely N-dealkylation sites (tertiary alicyclic amines) is 1. The van der Waals surface area contributed by atoms with Gasteiger partial charge in [0.25, 0.3) is 5.91 Å². The molecule has 202 valence electrons. The van der Waals surface area contributed by atoms with Crippen LogP contribution >= 0.6 is 11.8 Å². The number of aryl methyl sites for hydroxylation is 1. The van der Waals surface area contributed by atoms with Crippen LogP contribution in [0.15, 0.2) is 24.3 Å². The predicted molar refractivity (Wildman–Crippen MR) is 138 cm³/mol. The quantitative estimate of drug-likeness (QED) is 0.229. The Morgan fingerprint density at radius 1 is 1.08 bits per heavy atom. The molecule has 6 amide bonds. The number of hydrogen-bond acceptors (Lipinski definition) is 8. The second-order valence-corrected chi connectivity index (χ2v) is 9.36. The number of imide groups is 2. The number of nitrogens with zero attached hydrogens (tertiary/aromatic N) is 1. The molecule has 0 aliphatic carbocycles. The lowest BCUT2D eigenvalue weighted by molar-refractivity contribution is -0.139. The molecule has 1 aliphatic heterocycles. The number of benzene rings is 1. The van der Waals surface area contributed by atoms with Gasteiger partial charge in [0.15, 0.2) is 0 Å². The van der Waals surface area contributed by atoms with Crippen molar-refractivity contribution in [2.45, 2.75) is 50.8 Å². The van der Waals surface area contributed by atoms with Gasteiger partial charge in [0.05, 0.1) is 31.4 Å². The van der Waals surface area contributed by atoms with Gasteiger partial charge in [-0.05, 0) is 30.4 Å². The second kappa shape index (κ2) is 15.1. The zero-order valence-electron chi connectivity index (χ0n) is 21.3. The van der Waals surface area contributed by atoms with Crippen molar-refractivity contribution < 1.29 is 33.5 Å². The van der Waals surface area contributed by atoms with Gasteiger partial charge >= 0.3 is 0 Å². The minimum Gasteiger partial charge on any atom is -0.378 e. The van der Waals surface area contributed by atoms with Crippen LogP contribution in [0.1, 0.15) is 49.0 Å². The molecule has 11 nitrogen and oxygen atoms in total. The average Bonchev–Trinajstić information content (AvgIpc) is 3.17. The Balaban J connectivity index is 1.78. The number of thioether (sulfide) groups is 1. The van der Waals surface area contributed by atoms with Crippen molar-refractivity contribution in [1.82, 2.24) is 20.9 Å². The van der Waals surface area contributed by atoms with Crippen molar-refractivity contribution in [3.63, 3.8) is 0 Å². The molecule has 0 aromatic heterocycles. The van der Waals surface area contributed by atoms with Crippen molar-refractivity contribution in [3.05, 3.63) is 35.4 Å². The lowest BCUT2D eigenvalue weighted by Gasteiger charge is -2.18. The number of ether oxygens (including phenoxy) is 1. The lowest BCUT2D eigenvalue weighted by Crippen LogP contribution is -2.50. The van der Waals surface area contributed by atoms with Crippen molar-refractivity contribution >= 4 is 47.2 Å². The molecule has 37 heavy (non-hydrogen) atoms. The predicted octanol–water partition coefficient (Wildman–Crippen LogP) is 0.414. The van der Waals surface area contributed by atoms with E-state index in [-0.39, 0.29) is 68.2 Å². The minimum absolute atomic E-state index is 0.103. The van der Waals surface area contributed by atoms with Crippen molar-refractivity contribution in [1.29, 1.82) is 0 Å². The Kier molecular flexibility index (Phi) is 12.2. The summed E-state index contributed by atoms with van der Waals surface area (Å²) in [7, 11) is 0. The topological polar surface area (TPSA) is 151 Å². The number of rotatable bonds is 14. The summed E-state index contributed by atoms with van der Waals surface area (Å²) in [5.41, 5.74) is 1.33. The van der Waals surface area contributed by atoms with Crippen LogP contribution in [-0.4, -0.2) is 84.2 Å². The molecule has 2 unspecified atom stereocenters. The fourth-order valence-electron chi connectivity index (χ4n) is 3.52. The summed E-state index contributed by atoms with van der Waals surface area (Å²) < 4.78 is 5.40. The third-order valence-electron chi connectivity index (χ3n) is 5.74. The first kappa shape index (κ1) is 30.0. The van der Waals surface area contributed by atoms with E-state index in [1.165, 1.54) is 16.7 Å². The number of amides is 6. The first-order chi connectivity index (χ1) is 17.7. The molecule has 1 saturated heterocycles. The highest BCUT2D eigenvalue weighted by molar-refractivity contribution is 8.00. The maximum absolute atomic E-state index is 12.7. The molecular formula is C25H34N4O7S. The normalized spacial score (nSPS) is 15.9. The van der Waals surface area contributed by atoms with E-state index < -0.39 is 29.7 Å². The van der Waals surface area contributed by atoms with Crippen LogP contribution < -0.4 is 16.0 Å². The SMILES string of the molecule is CCC(=O)NC(CC(=O)NCCOCCN1C(=O)CC(SC)C1=O)C(=O)NC(=O)c1ccc(CC)cc1. The van der Waals surface area contributed by atoms with E-state index in [1.807, 2.05) is 6.92 Å². The first-order valence-corrected chi connectivity index (χ1v) is 13.4. The molecule has 2 rings (SSSR count). The summed E-state index contributed by atoms with van der Waals surface area (Å²) in [6, 6.07) is 5.54. The van der Waals surface area contributed by atoms with Crippen LogP contribution in [0.4, 0.5) is 0 Å². The number of carbonyl (C=O) groups excluding carboxylic acids is 6. The highest BCUT2D eigenvalue weighted by Crippen LogP contribution is 2.22. The van der Waals surface area contributed by atoms with Gasteiger partial charge in [0.1, 0.15) is 6.04 Å². The third-order valence-corrected chi connectivity index (χ3v) is 6.68. The largest absolute Gasteiger partial charge is 0.378 e. The molecule has 1 aromatic carbocycles. The lowest BCUT2D eigenvalue weighted by atomic mass is 10.1. The summed E-state index contributed by atoms with van der Waals surface area (Å²) in [5.74, 6) is -2.82. The van der Waals surface area contributed by atoms with Crippen LogP contribution in [0.25, 0.3) is 0 Å². The Morgan fingerprint density at radius 3 is 2.38 bits per heavy atom. The molecular weight excluding hydrogens is 500 g/mol. The molecule has 1 aromatic rings. The third kappa shape index (κ3) is 9.29. The van der Waals surface area contributed by atoms with Crippen LogP contribution in [-0.2, 0) is 35.1 Å². The number of nitrogens with one attached hydrogen (secondary N) is 3. The molecule has 0 spiro atoms. The zero-order valence-corrected chi connectivity index (χ0v) is 22.2. The summed E-state index contributed by atoms with van der Waals surface area (Å²) >= 11 is 1.34. The molecule has 0 bridgehead atoms. The molecule has 0 radical (unpaired) electrons. The Morgan fingerprint density at radius 2 is 1.78 bits per heavy atom. The van der Waals surface area contributed by atoms with E-state index in [9.17, 15) is 28.8 Å². The second-order valence-electron chi connectivity index (χ2n) is 8.32. The molecule has 2 atom stereocenters. The molecule has 3 N–H and O–H groups in total. The van der Waals surface area contributed by atoms with Crippen LogP contribution in [0.2, 0.25) is 0 Å². The minimum atomic E-state index is -1.23. The van der Waals surface area contributed by atoms with Crippen molar-refractivity contribution in [2.24, 2.45) is 0 Å². The van der Waals surface area contributed by atoms with E-state index in [4.69, 9.17) is 4.74 Å². The van der Waals surface area contributed by atoms with Gasteiger partial charge in [-0.25, -0.2) is 0 Å². The molecule has 1 aliphatic rings. The first-order valence-electron chi connectivity index (χ1n) is 12.1. The van der Waals surface area contributed by atoms with Gasteiger partial charge in [0, 0.05) is 24.9 Å². The van der Waals surface area contributed by atoms with Crippen LogP contribution in [0, 0.1) is 0 Å². The number of hydrogen-bond donors (Lipinski definition) is 3. The van der Waals surface area contributed by atoms with Gasteiger partial charge in [-0.15, -0.1) is 0 Å². The maximum atomic E-state index is 12.7. The van der Waals surface area contributed by atoms with Crippen LogP contribution in [0.5, 0.6) is 0 Å². The van der Waals surface area contributed by atoms with E-state index >= 15 is 0 Å². The number of carbonyl (C=O) groups is 6. The maximum Gasteiger partial charge on any atom is 0.257 e. The van der Waals surface area contributed by atoms with E-state index in [2.05, 4.69) is 16.0 Å². The monoisotopic (exact) mass is 534 g/mol. The molecule has 1 fully saturated rings. The van der Waals surface area contributed by atoms with Gasteiger partial charge in [0.2, 0.25) is 29.5 Å². The molecule has 1 heterocycles. The van der Waals surface area contributed by atoms with Gasteiger partial charge in [-0.2, -0.15) is 11.8 Å². The Hall–Kier alpha value is -3.25. The van der Waals surface area contributed by atoms with Crippen molar-refractivity contribution in [2.75, 3.05) is 32.6 Å². The average molecular weight is 535 g/mol. The van der Waals surface area contributed by atoms with Gasteiger partial charge in [-0.3, -0.25) is 39.0 Å². The summed E-state index contributed by atoms with van der Waals surface area (Å²) in [4.78, 5) is 74.5. The van der Waals surface area contributed by atoms with Gasteiger partial charge < -0.3 is 15.4 Å². The summed E-state index contributed by atoms with van der Waals surface area (Å²) in [6.07, 6.45) is 2.51. The summed E-state index contributed by atoms with van der Waals surface area (Å²) in [6.45, 7) is 4.10. The smallest absolute Gasteiger partial charge is 0.257 e. The van der Waals surface area contributed by atoms with Gasteiger partial charge in [-0.1, -0.05) is 26.0 Å². The highest BCUT2D eigenvalue weighted by atomic mass is 32.2. The zero-order chi connectivity index (χ0) is 27.4. The molecule has 12 heteroatoms. The molecule has 0 saturated carbocycles. The van der Waals surface area contributed by atoms with Crippen molar-refractivity contribution in [3.8, 4) is 0 Å². The van der Waals surface area contributed by atoms with E-state index in [1.54, 1.807) is 37.4 Å². The fourth-order valence-corrected chi connectivity index (χ4v) is 4.16. The Labute approximate surface area is 220 Å².